The first-order valence-corrected chi connectivity index (χ1v) is 10.3. The highest BCUT2D eigenvalue weighted by molar-refractivity contribution is 7.14. The lowest BCUT2D eigenvalue weighted by molar-refractivity contribution is 0.258. The number of hydrogen-bond acceptors (Lipinski definition) is 5. The van der Waals surface area contributed by atoms with Gasteiger partial charge in [-0.3, -0.25) is 4.90 Å². The quantitative estimate of drug-likeness (QED) is 0.633. The molecule has 1 aliphatic heterocycles. The van der Waals surface area contributed by atoms with E-state index in [0.717, 1.165) is 34.0 Å². The van der Waals surface area contributed by atoms with E-state index < -0.39 is 0 Å². The lowest BCUT2D eigenvalue weighted by Gasteiger charge is -2.30. The molecule has 0 saturated heterocycles. The molecule has 6 nitrogen and oxygen atoms in total. The Balaban J connectivity index is 1.46. The molecule has 29 heavy (non-hydrogen) atoms. The van der Waals surface area contributed by atoms with Gasteiger partial charge in [0.2, 0.25) is 0 Å². The number of carbonyl (C=O) groups is 1. The van der Waals surface area contributed by atoms with Crippen molar-refractivity contribution < 1.29 is 4.79 Å². The second-order valence-corrected chi connectivity index (χ2v) is 7.73. The molecule has 0 saturated carbocycles. The van der Waals surface area contributed by atoms with Crippen LogP contribution in [0, 0.1) is 0 Å². The van der Waals surface area contributed by atoms with Crippen LogP contribution >= 0.6 is 11.3 Å². The Bertz CT molecular complexity index is 1040. The van der Waals surface area contributed by atoms with Crippen LogP contribution in [0.15, 0.2) is 65.0 Å². The second kappa shape index (κ2) is 8.06. The van der Waals surface area contributed by atoms with Crippen molar-refractivity contribution in [3.05, 3.63) is 71.1 Å². The van der Waals surface area contributed by atoms with Gasteiger partial charge in [0, 0.05) is 29.7 Å². The van der Waals surface area contributed by atoms with Gasteiger partial charge in [0.15, 0.2) is 0 Å². The lowest BCUT2D eigenvalue weighted by Crippen LogP contribution is -2.35. The van der Waals surface area contributed by atoms with E-state index in [0.29, 0.717) is 0 Å². The zero-order valence-corrected chi connectivity index (χ0v) is 17.2. The fourth-order valence-corrected chi connectivity index (χ4v) is 4.02. The molecule has 0 fully saturated rings. The highest BCUT2D eigenvalue weighted by Gasteiger charge is 2.23. The third-order valence-electron chi connectivity index (χ3n) is 5.02. The van der Waals surface area contributed by atoms with Crippen LogP contribution in [-0.4, -0.2) is 19.4 Å². The molecule has 148 valence electrons. The number of rotatable bonds is 4. The summed E-state index contributed by atoms with van der Waals surface area (Å²) in [5.74, 6) is 0. The van der Waals surface area contributed by atoms with Crippen LogP contribution < -0.4 is 20.9 Å². The minimum Gasteiger partial charge on any atom is -0.312 e. The number of thiophene rings is 1. The first-order valence-electron chi connectivity index (χ1n) is 9.46. The summed E-state index contributed by atoms with van der Waals surface area (Å²) in [5, 5.41) is 5.90. The zero-order valence-electron chi connectivity index (χ0n) is 16.4. The van der Waals surface area contributed by atoms with Crippen LogP contribution in [0.2, 0.25) is 0 Å². The SMILES string of the molecule is CCc1cccc(NC(=O)N(C)c2ccc(N3C=Nc4sccc4C3N)cc2)c1. The molecule has 0 spiro atoms. The van der Waals surface area contributed by atoms with Crippen LogP contribution in [0.1, 0.15) is 24.2 Å². The minimum absolute atomic E-state index is 0.190. The predicted octanol–water partition coefficient (Wildman–Crippen LogP) is 5.12. The standard InChI is InChI=1S/C22H23N5OS/c1-3-15-5-4-6-16(13-15)25-22(28)26(2)17-7-9-18(10-8-17)27-14-24-21-19(20(27)23)11-12-29-21/h4-14,20H,3,23H2,1-2H3,(H,25,28). The van der Waals surface area contributed by atoms with Crippen molar-refractivity contribution in [2.75, 3.05) is 22.2 Å². The molecule has 0 bridgehead atoms. The highest BCUT2D eigenvalue weighted by atomic mass is 32.1. The number of urea groups is 1. The maximum Gasteiger partial charge on any atom is 0.326 e. The number of fused-ring (bicyclic) bond motifs is 1. The monoisotopic (exact) mass is 405 g/mol. The Morgan fingerprint density at radius 2 is 2.03 bits per heavy atom. The molecule has 0 radical (unpaired) electrons. The maximum absolute atomic E-state index is 12.6. The van der Waals surface area contributed by atoms with E-state index in [-0.39, 0.29) is 12.2 Å². The summed E-state index contributed by atoms with van der Waals surface area (Å²) in [4.78, 5) is 20.6. The molecular weight excluding hydrogens is 382 g/mol. The molecule has 4 rings (SSSR count). The molecular formula is C22H23N5OS. The van der Waals surface area contributed by atoms with Crippen molar-refractivity contribution in [1.29, 1.82) is 0 Å². The summed E-state index contributed by atoms with van der Waals surface area (Å²) >= 11 is 1.58. The Morgan fingerprint density at radius 1 is 1.24 bits per heavy atom. The average Bonchev–Trinajstić information content (AvgIpc) is 3.23. The summed E-state index contributed by atoms with van der Waals surface area (Å²) in [6, 6.07) is 17.4. The molecule has 1 atom stereocenters. The Morgan fingerprint density at radius 3 is 2.79 bits per heavy atom. The number of nitrogens with one attached hydrogen (secondary N) is 1. The fourth-order valence-electron chi connectivity index (χ4n) is 3.25. The summed E-state index contributed by atoms with van der Waals surface area (Å²) in [5.41, 5.74) is 11.1. The summed E-state index contributed by atoms with van der Waals surface area (Å²) in [6.07, 6.45) is 2.41. The van der Waals surface area contributed by atoms with Crippen molar-refractivity contribution in [2.24, 2.45) is 10.7 Å². The van der Waals surface area contributed by atoms with Gasteiger partial charge < -0.3 is 16.0 Å². The van der Waals surface area contributed by atoms with E-state index >= 15 is 0 Å². The molecule has 3 aromatic rings. The third kappa shape index (κ3) is 3.87. The summed E-state index contributed by atoms with van der Waals surface area (Å²) in [7, 11) is 1.75. The number of anilines is 3. The fraction of sp³-hybridized carbons (Fsp3) is 0.182. The molecule has 2 aromatic carbocycles. The number of aliphatic imine (C=N–C) groups is 1. The van der Waals surface area contributed by atoms with Gasteiger partial charge in [0.25, 0.3) is 0 Å². The van der Waals surface area contributed by atoms with Gasteiger partial charge in [-0.15, -0.1) is 11.3 Å². The van der Waals surface area contributed by atoms with E-state index in [2.05, 4.69) is 17.2 Å². The van der Waals surface area contributed by atoms with Gasteiger partial charge in [-0.2, -0.15) is 0 Å². The summed E-state index contributed by atoms with van der Waals surface area (Å²) in [6.45, 7) is 2.09. The van der Waals surface area contributed by atoms with Crippen molar-refractivity contribution >= 4 is 45.8 Å². The maximum atomic E-state index is 12.6. The average molecular weight is 406 g/mol. The molecule has 1 aliphatic rings. The van der Waals surface area contributed by atoms with Crippen LogP contribution in [0.25, 0.3) is 0 Å². The number of nitrogens with two attached hydrogens (primary N) is 1. The lowest BCUT2D eigenvalue weighted by atomic mass is 10.1. The van der Waals surface area contributed by atoms with E-state index in [1.165, 1.54) is 5.56 Å². The van der Waals surface area contributed by atoms with Gasteiger partial charge in [-0.25, -0.2) is 9.79 Å². The van der Waals surface area contributed by atoms with Crippen molar-refractivity contribution in [3.8, 4) is 0 Å². The number of amides is 2. The van der Waals surface area contributed by atoms with Crippen molar-refractivity contribution in [2.45, 2.75) is 19.5 Å². The number of hydrogen-bond donors (Lipinski definition) is 2. The largest absolute Gasteiger partial charge is 0.326 e. The molecule has 2 heterocycles. The normalized spacial score (nSPS) is 15.1. The number of nitrogens with zero attached hydrogens (tertiary/aromatic N) is 3. The van der Waals surface area contributed by atoms with Crippen LogP contribution in [-0.2, 0) is 6.42 Å². The minimum atomic E-state index is -0.272. The van der Waals surface area contributed by atoms with Crippen molar-refractivity contribution in [3.63, 3.8) is 0 Å². The van der Waals surface area contributed by atoms with Gasteiger partial charge in [-0.1, -0.05) is 19.1 Å². The smallest absolute Gasteiger partial charge is 0.312 e. The third-order valence-corrected chi connectivity index (χ3v) is 5.85. The van der Waals surface area contributed by atoms with Gasteiger partial charge in [-0.05, 0) is 59.8 Å². The zero-order chi connectivity index (χ0) is 20.4. The topological polar surface area (TPSA) is 74.0 Å². The number of carbonyl (C=O) groups excluding carboxylic acids is 1. The van der Waals surface area contributed by atoms with E-state index in [4.69, 9.17) is 5.73 Å². The molecule has 3 N–H and O–H groups in total. The Hall–Kier alpha value is -3.16. The van der Waals surface area contributed by atoms with E-state index in [9.17, 15) is 4.79 Å². The Kier molecular flexibility index (Phi) is 5.33. The summed E-state index contributed by atoms with van der Waals surface area (Å²) < 4.78 is 0. The van der Waals surface area contributed by atoms with Crippen LogP contribution in [0.5, 0.6) is 0 Å². The van der Waals surface area contributed by atoms with Gasteiger partial charge >= 0.3 is 6.03 Å². The van der Waals surface area contributed by atoms with E-state index in [1.54, 1.807) is 29.6 Å². The van der Waals surface area contributed by atoms with Crippen LogP contribution in [0.4, 0.5) is 26.9 Å². The molecule has 7 heteroatoms. The molecule has 1 unspecified atom stereocenters. The number of aryl methyl sites for hydroxylation is 1. The van der Waals surface area contributed by atoms with Crippen molar-refractivity contribution in [1.82, 2.24) is 0 Å². The molecule has 2 amide bonds. The highest BCUT2D eigenvalue weighted by Crippen LogP contribution is 2.37. The Labute approximate surface area is 174 Å². The van der Waals surface area contributed by atoms with Gasteiger partial charge in [0.1, 0.15) is 11.2 Å². The first kappa shape index (κ1) is 19.2. The van der Waals surface area contributed by atoms with Gasteiger partial charge in [0.05, 0.1) is 6.34 Å². The van der Waals surface area contributed by atoms with E-state index in [1.807, 2.05) is 64.9 Å². The number of benzene rings is 2. The predicted molar refractivity (Wildman–Crippen MR) is 122 cm³/mol. The first-order chi connectivity index (χ1) is 14.1. The second-order valence-electron chi connectivity index (χ2n) is 6.84. The molecule has 1 aromatic heterocycles. The van der Waals surface area contributed by atoms with Crippen LogP contribution in [0.3, 0.4) is 0 Å². The molecule has 0 aliphatic carbocycles.